The monoisotopic (exact) mass is 245 g/mol. The van der Waals surface area contributed by atoms with Crippen LogP contribution in [-0.2, 0) is 0 Å². The summed E-state index contributed by atoms with van der Waals surface area (Å²) in [7, 11) is 0. The molecule has 0 bridgehead atoms. The molecule has 0 aliphatic heterocycles. The number of para-hydroxylation sites is 1. The van der Waals surface area contributed by atoms with Crippen molar-refractivity contribution in [2.75, 3.05) is 0 Å². The third-order valence-electron chi connectivity index (χ3n) is 1.90. The molecule has 0 saturated heterocycles. The van der Waals surface area contributed by atoms with Gasteiger partial charge in [0.25, 0.3) is 0 Å². The largest absolute Gasteiger partial charge is 0.506 e. The lowest BCUT2D eigenvalue weighted by molar-refractivity contribution is 0.163. The highest BCUT2D eigenvalue weighted by Crippen LogP contribution is 2.31. The smallest absolute Gasteiger partial charge is 0.134 e. The van der Waals surface area contributed by atoms with Gasteiger partial charge >= 0.3 is 0 Å². The molecule has 0 aliphatic carbocycles. The van der Waals surface area contributed by atoms with Crippen molar-refractivity contribution in [3.63, 3.8) is 0 Å². The average Bonchev–Trinajstić information content (AvgIpc) is 2.08. The summed E-state index contributed by atoms with van der Waals surface area (Å²) < 4.78 is 0.584. The van der Waals surface area contributed by atoms with Gasteiger partial charge in [0.2, 0.25) is 0 Å². The van der Waals surface area contributed by atoms with Crippen LogP contribution in [0.4, 0.5) is 0 Å². The van der Waals surface area contributed by atoms with E-state index in [1.807, 2.05) is 0 Å². The van der Waals surface area contributed by atoms with Crippen molar-refractivity contribution in [3.8, 4) is 5.75 Å². The first kappa shape index (κ1) is 10.5. The van der Waals surface area contributed by atoms with Crippen LogP contribution in [0.25, 0.3) is 0 Å². The number of phenolic OH excluding ortho intramolecular Hbond substituents is 1. The van der Waals surface area contributed by atoms with Gasteiger partial charge in [0.05, 0.1) is 16.6 Å². The Labute approximate surface area is 85.3 Å². The van der Waals surface area contributed by atoms with Crippen LogP contribution < -0.4 is 5.73 Å². The van der Waals surface area contributed by atoms with E-state index in [1.54, 1.807) is 25.1 Å². The second kappa shape index (κ2) is 4.09. The Morgan fingerprint density at radius 3 is 2.62 bits per heavy atom. The molecule has 1 rings (SSSR count). The Morgan fingerprint density at radius 1 is 1.46 bits per heavy atom. The Hall–Kier alpha value is -0.580. The van der Waals surface area contributed by atoms with Crippen molar-refractivity contribution in [3.05, 3.63) is 28.2 Å². The zero-order chi connectivity index (χ0) is 10.0. The molecule has 0 amide bonds. The highest BCUT2D eigenvalue weighted by molar-refractivity contribution is 9.10. The molecule has 3 nitrogen and oxygen atoms in total. The number of hydrogen-bond donors (Lipinski definition) is 3. The second-order valence-corrected chi connectivity index (χ2v) is 3.80. The number of benzene rings is 1. The normalized spacial score (nSPS) is 15.4. The fraction of sp³-hybridized carbons (Fsp3) is 0.333. The number of hydrogen-bond acceptors (Lipinski definition) is 3. The van der Waals surface area contributed by atoms with Gasteiger partial charge in [0.15, 0.2) is 0 Å². The zero-order valence-corrected chi connectivity index (χ0v) is 8.82. The molecular formula is C9H12BrNO2. The SMILES string of the molecule is C[C@H](O)[C@H](N)c1cccc(Br)c1O. The van der Waals surface area contributed by atoms with E-state index in [0.717, 1.165) is 0 Å². The first-order valence-electron chi connectivity index (χ1n) is 3.95. The highest BCUT2D eigenvalue weighted by atomic mass is 79.9. The number of phenols is 1. The molecule has 72 valence electrons. The third kappa shape index (κ3) is 2.21. The summed E-state index contributed by atoms with van der Waals surface area (Å²) in [6, 6.07) is 4.62. The van der Waals surface area contributed by atoms with Crippen molar-refractivity contribution in [2.24, 2.45) is 5.73 Å². The topological polar surface area (TPSA) is 66.5 Å². The van der Waals surface area contributed by atoms with Gasteiger partial charge in [-0.3, -0.25) is 0 Å². The quantitative estimate of drug-likeness (QED) is 0.741. The molecule has 0 aromatic heterocycles. The van der Waals surface area contributed by atoms with Gasteiger partial charge < -0.3 is 15.9 Å². The summed E-state index contributed by atoms with van der Waals surface area (Å²) >= 11 is 3.18. The Morgan fingerprint density at radius 2 is 2.08 bits per heavy atom. The summed E-state index contributed by atoms with van der Waals surface area (Å²) in [5.41, 5.74) is 6.22. The molecule has 1 aromatic carbocycles. The number of halogens is 1. The van der Waals surface area contributed by atoms with E-state index in [4.69, 9.17) is 5.73 Å². The van der Waals surface area contributed by atoms with Crippen molar-refractivity contribution < 1.29 is 10.2 Å². The van der Waals surface area contributed by atoms with Gasteiger partial charge in [0.1, 0.15) is 5.75 Å². The van der Waals surface area contributed by atoms with Crippen LogP contribution in [0, 0.1) is 0 Å². The molecule has 0 fully saturated rings. The zero-order valence-electron chi connectivity index (χ0n) is 7.24. The Kier molecular flexibility index (Phi) is 3.30. The summed E-state index contributed by atoms with van der Waals surface area (Å²) in [5.74, 6) is 0.0934. The van der Waals surface area contributed by atoms with Gasteiger partial charge in [-0.1, -0.05) is 12.1 Å². The lowest BCUT2D eigenvalue weighted by atomic mass is 10.0. The van der Waals surface area contributed by atoms with E-state index < -0.39 is 12.1 Å². The summed E-state index contributed by atoms with van der Waals surface area (Å²) in [6.45, 7) is 1.59. The van der Waals surface area contributed by atoms with Crippen LogP contribution in [0.1, 0.15) is 18.5 Å². The molecule has 0 spiro atoms. The molecule has 4 N–H and O–H groups in total. The molecule has 0 radical (unpaired) electrons. The lowest BCUT2D eigenvalue weighted by Gasteiger charge is -2.16. The van der Waals surface area contributed by atoms with Crippen LogP contribution in [0.2, 0.25) is 0 Å². The number of nitrogens with two attached hydrogens (primary N) is 1. The number of aliphatic hydroxyl groups is 1. The van der Waals surface area contributed by atoms with E-state index in [0.29, 0.717) is 10.0 Å². The van der Waals surface area contributed by atoms with E-state index >= 15 is 0 Å². The number of aliphatic hydroxyl groups excluding tert-OH is 1. The summed E-state index contributed by atoms with van der Waals surface area (Å²) in [6.07, 6.45) is -0.680. The second-order valence-electron chi connectivity index (χ2n) is 2.94. The third-order valence-corrected chi connectivity index (χ3v) is 2.54. The van der Waals surface area contributed by atoms with Gasteiger partial charge in [-0.25, -0.2) is 0 Å². The van der Waals surface area contributed by atoms with Crippen molar-refractivity contribution in [2.45, 2.75) is 19.1 Å². The van der Waals surface area contributed by atoms with Crippen LogP contribution in [0.5, 0.6) is 5.75 Å². The van der Waals surface area contributed by atoms with Crippen LogP contribution in [-0.4, -0.2) is 16.3 Å². The Balaban J connectivity index is 3.07. The average molecular weight is 246 g/mol. The van der Waals surface area contributed by atoms with Crippen LogP contribution >= 0.6 is 15.9 Å². The number of aromatic hydroxyl groups is 1. The molecule has 4 heteroatoms. The van der Waals surface area contributed by atoms with Crippen LogP contribution in [0.3, 0.4) is 0 Å². The first-order chi connectivity index (χ1) is 6.04. The van der Waals surface area contributed by atoms with Crippen molar-refractivity contribution in [1.29, 1.82) is 0 Å². The predicted molar refractivity (Wildman–Crippen MR) is 54.4 cm³/mol. The minimum atomic E-state index is -0.680. The molecular weight excluding hydrogens is 234 g/mol. The minimum Gasteiger partial charge on any atom is -0.506 e. The van der Waals surface area contributed by atoms with E-state index in [2.05, 4.69) is 15.9 Å². The van der Waals surface area contributed by atoms with Gasteiger partial charge in [-0.15, -0.1) is 0 Å². The molecule has 0 heterocycles. The van der Waals surface area contributed by atoms with E-state index in [-0.39, 0.29) is 5.75 Å². The van der Waals surface area contributed by atoms with Crippen LogP contribution in [0.15, 0.2) is 22.7 Å². The fourth-order valence-electron chi connectivity index (χ4n) is 1.06. The maximum absolute atomic E-state index is 9.58. The molecule has 13 heavy (non-hydrogen) atoms. The van der Waals surface area contributed by atoms with Gasteiger partial charge in [-0.05, 0) is 28.9 Å². The Bertz CT molecular complexity index is 302. The maximum atomic E-state index is 9.58. The molecule has 0 aliphatic rings. The van der Waals surface area contributed by atoms with Crippen molar-refractivity contribution >= 4 is 15.9 Å². The van der Waals surface area contributed by atoms with Gasteiger partial charge in [-0.2, -0.15) is 0 Å². The predicted octanol–water partition coefficient (Wildman–Crippen LogP) is 1.54. The molecule has 1 aromatic rings. The summed E-state index contributed by atoms with van der Waals surface area (Å²) in [5, 5.41) is 18.8. The molecule has 0 unspecified atom stereocenters. The highest BCUT2D eigenvalue weighted by Gasteiger charge is 2.16. The number of rotatable bonds is 2. The molecule has 0 saturated carbocycles. The summed E-state index contributed by atoms with van der Waals surface area (Å²) in [4.78, 5) is 0. The van der Waals surface area contributed by atoms with Gasteiger partial charge in [0, 0.05) is 5.56 Å². The van der Waals surface area contributed by atoms with E-state index in [9.17, 15) is 10.2 Å². The standard InChI is InChI=1S/C9H12BrNO2/c1-5(12)8(11)6-3-2-4-7(10)9(6)13/h2-5,8,12-13H,11H2,1H3/t5-,8-/m0/s1. The first-order valence-corrected chi connectivity index (χ1v) is 4.74. The van der Waals surface area contributed by atoms with Crippen molar-refractivity contribution in [1.82, 2.24) is 0 Å². The maximum Gasteiger partial charge on any atom is 0.134 e. The molecule has 2 atom stereocenters. The lowest BCUT2D eigenvalue weighted by Crippen LogP contribution is -2.23. The fourth-order valence-corrected chi connectivity index (χ4v) is 1.44. The van der Waals surface area contributed by atoms with E-state index in [1.165, 1.54) is 0 Å². The minimum absolute atomic E-state index is 0.0934.